The Labute approximate surface area is 156 Å². The summed E-state index contributed by atoms with van der Waals surface area (Å²) in [4.78, 5) is 26.7. The minimum atomic E-state index is -0.605. The largest absolute Gasteiger partial charge is 0.505 e. The van der Waals surface area contributed by atoms with E-state index in [1.807, 2.05) is 44.1 Å². The van der Waals surface area contributed by atoms with E-state index >= 15 is 0 Å². The molecule has 0 unspecified atom stereocenters. The van der Waals surface area contributed by atoms with Gasteiger partial charge in [0.2, 0.25) is 0 Å². The van der Waals surface area contributed by atoms with Crippen LogP contribution in [0.1, 0.15) is 16.1 Å². The van der Waals surface area contributed by atoms with Crippen molar-refractivity contribution < 1.29 is 9.90 Å². The summed E-state index contributed by atoms with van der Waals surface area (Å²) < 4.78 is 1.09. The summed E-state index contributed by atoms with van der Waals surface area (Å²) in [6.45, 7) is 1.89. The van der Waals surface area contributed by atoms with Crippen LogP contribution in [0.3, 0.4) is 0 Å². The third-order valence-corrected chi connectivity index (χ3v) is 4.01. The van der Waals surface area contributed by atoms with Gasteiger partial charge in [-0.15, -0.1) is 0 Å². The Hall–Kier alpha value is -3.61. The monoisotopic (exact) mass is 364 g/mol. The van der Waals surface area contributed by atoms with Crippen molar-refractivity contribution >= 4 is 17.3 Å². The number of aromatic hydroxyl groups is 1. The van der Waals surface area contributed by atoms with Crippen LogP contribution in [0.4, 0.5) is 11.4 Å². The Bertz CT molecular complexity index is 1040. The second-order valence-electron chi connectivity index (χ2n) is 6.36. The van der Waals surface area contributed by atoms with E-state index in [1.54, 1.807) is 30.3 Å². The Kier molecular flexibility index (Phi) is 4.94. The zero-order chi connectivity index (χ0) is 19.6. The maximum atomic E-state index is 12.6. The number of aryl methyl sites for hydroxylation is 1. The van der Waals surface area contributed by atoms with E-state index in [2.05, 4.69) is 10.4 Å². The average molecular weight is 364 g/mol. The number of rotatable bonds is 4. The molecule has 1 aromatic heterocycles. The standard InChI is InChI=1S/C20H20N4O3/c1-13-5-4-6-16(11-13)24-18(26)12-17(25)19(22-24)20(27)21-14-7-9-15(10-8-14)23(2)3/h4-12,25H,1-3H3,(H,21,27). The summed E-state index contributed by atoms with van der Waals surface area (Å²) in [6, 6.07) is 15.4. The van der Waals surface area contributed by atoms with Gasteiger partial charge in [0.25, 0.3) is 11.5 Å². The molecule has 0 radical (unpaired) electrons. The fourth-order valence-electron chi connectivity index (χ4n) is 2.59. The van der Waals surface area contributed by atoms with Gasteiger partial charge in [-0.1, -0.05) is 12.1 Å². The molecule has 0 saturated carbocycles. The van der Waals surface area contributed by atoms with Gasteiger partial charge in [0.1, 0.15) is 0 Å². The van der Waals surface area contributed by atoms with Crippen LogP contribution in [0.25, 0.3) is 5.69 Å². The Morgan fingerprint density at radius 2 is 1.81 bits per heavy atom. The summed E-state index contributed by atoms with van der Waals surface area (Å²) >= 11 is 0. The third kappa shape index (κ3) is 3.98. The lowest BCUT2D eigenvalue weighted by Gasteiger charge is -2.13. The van der Waals surface area contributed by atoms with Crippen LogP contribution in [-0.2, 0) is 0 Å². The molecule has 27 heavy (non-hydrogen) atoms. The number of carbonyl (C=O) groups is 1. The summed E-state index contributed by atoms with van der Waals surface area (Å²) in [5.74, 6) is -1.07. The van der Waals surface area contributed by atoms with Crippen molar-refractivity contribution in [2.24, 2.45) is 0 Å². The van der Waals surface area contributed by atoms with Crippen LogP contribution < -0.4 is 15.8 Å². The van der Waals surface area contributed by atoms with Gasteiger partial charge in [0, 0.05) is 31.5 Å². The lowest BCUT2D eigenvalue weighted by atomic mass is 10.2. The third-order valence-electron chi connectivity index (χ3n) is 4.01. The zero-order valence-electron chi connectivity index (χ0n) is 15.3. The number of aromatic nitrogens is 2. The second-order valence-corrected chi connectivity index (χ2v) is 6.36. The zero-order valence-corrected chi connectivity index (χ0v) is 15.3. The van der Waals surface area contributed by atoms with Crippen molar-refractivity contribution in [3.05, 3.63) is 76.2 Å². The first kappa shape index (κ1) is 18.2. The highest BCUT2D eigenvalue weighted by Gasteiger charge is 2.17. The molecule has 3 rings (SSSR count). The molecular weight excluding hydrogens is 344 g/mol. The molecule has 2 aromatic carbocycles. The van der Waals surface area contributed by atoms with Gasteiger partial charge in [-0.25, -0.2) is 0 Å². The highest BCUT2D eigenvalue weighted by atomic mass is 16.3. The highest BCUT2D eigenvalue weighted by molar-refractivity contribution is 6.04. The van der Waals surface area contributed by atoms with Crippen molar-refractivity contribution in [3.63, 3.8) is 0 Å². The van der Waals surface area contributed by atoms with Gasteiger partial charge in [-0.2, -0.15) is 9.78 Å². The summed E-state index contributed by atoms with van der Waals surface area (Å²) in [5, 5.41) is 16.8. The van der Waals surface area contributed by atoms with Gasteiger partial charge < -0.3 is 15.3 Å². The molecule has 0 fully saturated rings. The van der Waals surface area contributed by atoms with Crippen molar-refractivity contribution in [2.75, 3.05) is 24.3 Å². The van der Waals surface area contributed by atoms with Crippen molar-refractivity contribution in [2.45, 2.75) is 6.92 Å². The maximum Gasteiger partial charge on any atom is 0.279 e. The van der Waals surface area contributed by atoms with Gasteiger partial charge in [-0.05, 0) is 48.9 Å². The number of amides is 1. The normalized spacial score (nSPS) is 10.5. The average Bonchev–Trinajstić information content (AvgIpc) is 2.62. The molecule has 0 aliphatic rings. The van der Waals surface area contributed by atoms with E-state index in [0.29, 0.717) is 11.4 Å². The van der Waals surface area contributed by atoms with Crippen LogP contribution in [0.5, 0.6) is 5.75 Å². The van der Waals surface area contributed by atoms with E-state index in [9.17, 15) is 14.7 Å². The number of anilines is 2. The van der Waals surface area contributed by atoms with Crippen LogP contribution in [0, 0.1) is 6.92 Å². The highest BCUT2D eigenvalue weighted by Crippen LogP contribution is 2.18. The Morgan fingerprint density at radius 1 is 1.11 bits per heavy atom. The number of hydrogen-bond acceptors (Lipinski definition) is 5. The number of hydrogen-bond donors (Lipinski definition) is 2. The smallest absolute Gasteiger partial charge is 0.279 e. The molecule has 1 amide bonds. The van der Waals surface area contributed by atoms with E-state index in [0.717, 1.165) is 22.0 Å². The number of nitrogens with one attached hydrogen (secondary N) is 1. The number of carbonyl (C=O) groups excluding carboxylic acids is 1. The van der Waals surface area contributed by atoms with Gasteiger partial charge in [0.05, 0.1) is 5.69 Å². The Balaban J connectivity index is 1.92. The number of benzene rings is 2. The fraction of sp³-hybridized carbons (Fsp3) is 0.150. The first-order chi connectivity index (χ1) is 12.8. The summed E-state index contributed by atoms with van der Waals surface area (Å²) in [5.41, 5.74) is 2.26. The van der Waals surface area contributed by atoms with Crippen molar-refractivity contribution in [1.82, 2.24) is 9.78 Å². The molecule has 2 N–H and O–H groups in total. The van der Waals surface area contributed by atoms with Gasteiger partial charge in [0.15, 0.2) is 11.4 Å². The van der Waals surface area contributed by atoms with E-state index in [4.69, 9.17) is 0 Å². The van der Waals surface area contributed by atoms with Crippen LogP contribution in [0.15, 0.2) is 59.4 Å². The fourth-order valence-corrected chi connectivity index (χ4v) is 2.59. The molecule has 0 saturated heterocycles. The molecule has 7 heteroatoms. The van der Waals surface area contributed by atoms with Crippen LogP contribution in [0.2, 0.25) is 0 Å². The first-order valence-corrected chi connectivity index (χ1v) is 8.34. The van der Waals surface area contributed by atoms with Gasteiger partial charge in [-0.3, -0.25) is 9.59 Å². The molecule has 0 aliphatic carbocycles. The minimum absolute atomic E-state index is 0.229. The lowest BCUT2D eigenvalue weighted by Crippen LogP contribution is -2.25. The summed E-state index contributed by atoms with van der Waals surface area (Å²) in [7, 11) is 3.84. The lowest BCUT2D eigenvalue weighted by molar-refractivity contribution is 0.101. The predicted molar refractivity (Wildman–Crippen MR) is 105 cm³/mol. The molecule has 1 heterocycles. The predicted octanol–water partition coefficient (Wildman–Crippen LogP) is 2.56. The van der Waals surface area contributed by atoms with Crippen molar-refractivity contribution in [1.29, 1.82) is 0 Å². The molecular formula is C20H20N4O3. The van der Waals surface area contributed by atoms with Crippen molar-refractivity contribution in [3.8, 4) is 11.4 Å². The molecule has 0 atom stereocenters. The number of nitrogens with zero attached hydrogens (tertiary/aromatic N) is 3. The van der Waals surface area contributed by atoms with E-state index in [-0.39, 0.29) is 5.69 Å². The van der Waals surface area contributed by atoms with Crippen LogP contribution >= 0.6 is 0 Å². The molecule has 3 aromatic rings. The van der Waals surface area contributed by atoms with Gasteiger partial charge >= 0.3 is 0 Å². The Morgan fingerprint density at radius 3 is 2.44 bits per heavy atom. The molecule has 0 bridgehead atoms. The molecule has 7 nitrogen and oxygen atoms in total. The van der Waals surface area contributed by atoms with Crippen LogP contribution in [-0.4, -0.2) is 34.9 Å². The first-order valence-electron chi connectivity index (χ1n) is 8.34. The summed E-state index contributed by atoms with van der Waals surface area (Å²) in [6.07, 6.45) is 0. The SMILES string of the molecule is Cc1cccc(-n2nc(C(=O)Nc3ccc(N(C)C)cc3)c(O)cc2=O)c1. The molecule has 138 valence electrons. The topological polar surface area (TPSA) is 87.5 Å². The van der Waals surface area contributed by atoms with E-state index in [1.165, 1.54) is 0 Å². The van der Waals surface area contributed by atoms with E-state index < -0.39 is 17.2 Å². The molecule has 0 aliphatic heterocycles. The maximum absolute atomic E-state index is 12.6. The minimum Gasteiger partial charge on any atom is -0.505 e. The second kappa shape index (κ2) is 7.33. The quantitative estimate of drug-likeness (QED) is 0.743. The molecule has 0 spiro atoms.